The number of carbonyl (C=O) groups is 1. The summed E-state index contributed by atoms with van der Waals surface area (Å²) in [6, 6.07) is 23.7. The maximum Gasteiger partial charge on any atom is 0.343 e. The molecule has 156 valence electrons. The molecular weight excluding hydrogens is 444 g/mol. The highest BCUT2D eigenvalue weighted by Gasteiger charge is 2.35. The van der Waals surface area contributed by atoms with Crippen LogP contribution in [0.4, 0.5) is 0 Å². The second-order valence-corrected chi connectivity index (χ2v) is 8.67. The normalized spacial score (nSPS) is 15.1. The van der Waals surface area contributed by atoms with Gasteiger partial charge in [-0.3, -0.25) is 0 Å². The molecule has 0 saturated heterocycles. The number of hydrogen-bond donors (Lipinski definition) is 1. The van der Waals surface area contributed by atoms with Crippen LogP contribution in [-0.4, -0.2) is 5.97 Å². The van der Waals surface area contributed by atoms with Gasteiger partial charge in [-0.25, -0.2) is 4.79 Å². The fraction of sp³-hybridized carbons (Fsp3) is 0.0400. The highest BCUT2D eigenvalue weighted by atomic mass is 35.5. The van der Waals surface area contributed by atoms with Crippen molar-refractivity contribution in [3.63, 3.8) is 0 Å². The number of para-hydroxylation sites is 1. The summed E-state index contributed by atoms with van der Waals surface area (Å²) in [6.45, 7) is 0. The maximum absolute atomic E-state index is 12.8. The first-order valence-electron chi connectivity index (χ1n) is 9.72. The summed E-state index contributed by atoms with van der Waals surface area (Å²) in [5.41, 5.74) is 7.41. The maximum atomic E-state index is 12.8. The van der Waals surface area contributed by atoms with Crippen molar-refractivity contribution in [3.8, 4) is 17.6 Å². The average Bonchev–Trinajstić information content (AvgIpc) is 3.17. The SMILES string of the molecule is N#CC1=C(N)Oc2c(sc3ccccc23)C1c1ccccc1OC(=O)c1cccc(Cl)c1. The van der Waals surface area contributed by atoms with Crippen LogP contribution in [0.15, 0.2) is 84.3 Å². The van der Waals surface area contributed by atoms with Crippen LogP contribution in [-0.2, 0) is 0 Å². The van der Waals surface area contributed by atoms with E-state index in [0.717, 1.165) is 15.0 Å². The molecule has 4 aromatic rings. The molecule has 32 heavy (non-hydrogen) atoms. The van der Waals surface area contributed by atoms with Crippen molar-refractivity contribution in [1.82, 2.24) is 0 Å². The molecule has 0 fully saturated rings. The minimum atomic E-state index is -0.543. The number of rotatable bonds is 3. The third kappa shape index (κ3) is 3.38. The van der Waals surface area contributed by atoms with Crippen molar-refractivity contribution < 1.29 is 14.3 Å². The summed E-state index contributed by atoms with van der Waals surface area (Å²) in [6.07, 6.45) is 0. The van der Waals surface area contributed by atoms with Gasteiger partial charge in [-0.15, -0.1) is 11.3 Å². The third-order valence-corrected chi connectivity index (χ3v) is 6.67. The number of hydrogen-bond acceptors (Lipinski definition) is 6. The van der Waals surface area contributed by atoms with Crippen molar-refractivity contribution in [2.24, 2.45) is 5.73 Å². The van der Waals surface area contributed by atoms with Crippen LogP contribution in [0.1, 0.15) is 26.7 Å². The van der Waals surface area contributed by atoms with E-state index in [2.05, 4.69) is 6.07 Å². The lowest BCUT2D eigenvalue weighted by molar-refractivity contribution is 0.0733. The molecule has 1 aromatic heterocycles. The number of thiophene rings is 1. The number of halogens is 1. The molecule has 5 rings (SSSR count). The van der Waals surface area contributed by atoms with E-state index >= 15 is 0 Å². The first-order chi connectivity index (χ1) is 15.6. The molecule has 0 aliphatic carbocycles. The minimum Gasteiger partial charge on any atom is -0.439 e. The van der Waals surface area contributed by atoms with Gasteiger partial charge in [0.25, 0.3) is 0 Å². The molecule has 0 radical (unpaired) electrons. The van der Waals surface area contributed by atoms with E-state index in [0.29, 0.717) is 27.6 Å². The molecule has 5 nitrogen and oxygen atoms in total. The topological polar surface area (TPSA) is 85.3 Å². The van der Waals surface area contributed by atoms with Gasteiger partial charge < -0.3 is 15.2 Å². The van der Waals surface area contributed by atoms with E-state index in [1.165, 1.54) is 11.3 Å². The molecule has 2 heterocycles. The molecule has 0 bridgehead atoms. The summed E-state index contributed by atoms with van der Waals surface area (Å²) >= 11 is 7.54. The smallest absolute Gasteiger partial charge is 0.343 e. The molecule has 1 unspecified atom stereocenters. The van der Waals surface area contributed by atoms with Crippen molar-refractivity contribution in [2.45, 2.75) is 5.92 Å². The van der Waals surface area contributed by atoms with Gasteiger partial charge in [0.15, 0.2) is 5.75 Å². The Morgan fingerprint density at radius 3 is 2.69 bits per heavy atom. The van der Waals surface area contributed by atoms with E-state index in [-0.39, 0.29) is 11.5 Å². The van der Waals surface area contributed by atoms with Crippen LogP contribution in [0.3, 0.4) is 0 Å². The number of ether oxygens (including phenoxy) is 2. The van der Waals surface area contributed by atoms with Crippen molar-refractivity contribution in [1.29, 1.82) is 5.26 Å². The van der Waals surface area contributed by atoms with Crippen molar-refractivity contribution >= 4 is 39.0 Å². The first kappa shape index (κ1) is 20.1. The Hall–Kier alpha value is -3.79. The second kappa shape index (κ2) is 8.04. The Balaban J connectivity index is 1.64. The quantitative estimate of drug-likeness (QED) is 0.301. The molecule has 1 atom stereocenters. The number of nitrogens with zero attached hydrogens (tertiary/aromatic N) is 1. The van der Waals surface area contributed by atoms with Crippen LogP contribution in [0.5, 0.6) is 11.5 Å². The molecule has 1 aliphatic rings. The molecular formula is C25H15ClN2O3S. The Bertz CT molecular complexity index is 1450. The average molecular weight is 459 g/mol. The molecule has 0 saturated carbocycles. The Morgan fingerprint density at radius 1 is 1.09 bits per heavy atom. The standard InChI is InChI=1S/C25H15ClN2O3S/c26-15-7-5-6-14(12-15)25(29)30-19-10-3-1-8-16(19)21-18(13-27)24(28)31-22-17-9-2-4-11-20(17)32-23(21)22/h1-12,21H,28H2. The van der Waals surface area contributed by atoms with Gasteiger partial charge in [0.1, 0.15) is 17.4 Å². The fourth-order valence-corrected chi connectivity index (χ4v) is 5.23. The van der Waals surface area contributed by atoms with Crippen LogP contribution in [0.25, 0.3) is 10.1 Å². The monoisotopic (exact) mass is 458 g/mol. The van der Waals surface area contributed by atoms with E-state index in [4.69, 9.17) is 26.8 Å². The lowest BCUT2D eigenvalue weighted by atomic mass is 9.87. The molecule has 2 N–H and O–H groups in total. The summed E-state index contributed by atoms with van der Waals surface area (Å²) in [4.78, 5) is 13.6. The molecule has 0 amide bonds. The van der Waals surface area contributed by atoms with Crippen LogP contribution in [0, 0.1) is 11.3 Å². The largest absolute Gasteiger partial charge is 0.439 e. The lowest BCUT2D eigenvalue weighted by Crippen LogP contribution is -2.20. The summed E-state index contributed by atoms with van der Waals surface area (Å²) in [5.74, 6) is -0.0514. The Kier molecular flexibility index (Phi) is 5.06. The van der Waals surface area contributed by atoms with E-state index in [1.54, 1.807) is 36.4 Å². The fourth-order valence-electron chi connectivity index (χ4n) is 3.78. The Labute approximate surface area is 192 Å². The Morgan fingerprint density at radius 2 is 1.88 bits per heavy atom. The number of fused-ring (bicyclic) bond motifs is 3. The van der Waals surface area contributed by atoms with Gasteiger partial charge in [-0.05, 0) is 36.4 Å². The lowest BCUT2D eigenvalue weighted by Gasteiger charge is -2.25. The van der Waals surface area contributed by atoms with Crippen LogP contribution < -0.4 is 15.2 Å². The second-order valence-electron chi connectivity index (χ2n) is 7.15. The van der Waals surface area contributed by atoms with Gasteiger partial charge >= 0.3 is 5.97 Å². The first-order valence-corrected chi connectivity index (χ1v) is 10.9. The molecule has 1 aliphatic heterocycles. The number of allylic oxidation sites excluding steroid dienone is 1. The number of nitrogens with two attached hydrogens (primary N) is 1. The predicted octanol–water partition coefficient (Wildman–Crippen LogP) is 5.99. The van der Waals surface area contributed by atoms with E-state index in [1.807, 2.05) is 36.4 Å². The van der Waals surface area contributed by atoms with Gasteiger partial charge in [-0.2, -0.15) is 5.26 Å². The molecule has 3 aromatic carbocycles. The zero-order valence-corrected chi connectivity index (χ0v) is 18.1. The summed E-state index contributed by atoms with van der Waals surface area (Å²) < 4.78 is 12.6. The summed E-state index contributed by atoms with van der Waals surface area (Å²) in [7, 11) is 0. The predicted molar refractivity (Wildman–Crippen MR) is 124 cm³/mol. The zero-order valence-electron chi connectivity index (χ0n) is 16.5. The van der Waals surface area contributed by atoms with Gasteiger partial charge in [0.2, 0.25) is 5.88 Å². The number of carbonyl (C=O) groups excluding carboxylic acids is 1. The van der Waals surface area contributed by atoms with Gasteiger partial charge in [0.05, 0.1) is 16.4 Å². The minimum absolute atomic E-state index is 0.0459. The highest BCUT2D eigenvalue weighted by molar-refractivity contribution is 7.19. The highest BCUT2D eigenvalue weighted by Crippen LogP contribution is 2.51. The van der Waals surface area contributed by atoms with Crippen molar-refractivity contribution in [2.75, 3.05) is 0 Å². The summed E-state index contributed by atoms with van der Waals surface area (Å²) in [5, 5.41) is 11.3. The van der Waals surface area contributed by atoms with E-state index in [9.17, 15) is 10.1 Å². The third-order valence-electron chi connectivity index (χ3n) is 5.22. The van der Waals surface area contributed by atoms with Crippen molar-refractivity contribution in [3.05, 3.63) is 105 Å². The number of nitriles is 1. The zero-order chi connectivity index (χ0) is 22.2. The van der Waals surface area contributed by atoms with Gasteiger partial charge in [0, 0.05) is 20.7 Å². The van der Waals surface area contributed by atoms with E-state index < -0.39 is 11.9 Å². The van der Waals surface area contributed by atoms with Gasteiger partial charge in [-0.1, -0.05) is 48.0 Å². The number of benzene rings is 3. The van der Waals surface area contributed by atoms with Crippen LogP contribution in [0.2, 0.25) is 5.02 Å². The molecule has 0 spiro atoms. The molecule has 7 heteroatoms. The number of esters is 1. The van der Waals surface area contributed by atoms with Crippen LogP contribution >= 0.6 is 22.9 Å².